The Kier molecular flexibility index (Phi) is 3.31. The van der Waals surface area contributed by atoms with Crippen LogP contribution in [0.25, 0.3) is 10.4 Å². The van der Waals surface area contributed by atoms with E-state index in [4.69, 9.17) is 0 Å². The molecule has 2 aromatic rings. The number of hydrogen-bond donors (Lipinski definition) is 0. The second kappa shape index (κ2) is 4.84. The second-order valence-corrected chi connectivity index (χ2v) is 6.82. The Hall–Kier alpha value is -1.00. The first-order valence-electron chi connectivity index (χ1n) is 6.16. The van der Waals surface area contributed by atoms with Gasteiger partial charge < -0.3 is 0 Å². The van der Waals surface area contributed by atoms with Crippen molar-refractivity contribution in [1.29, 1.82) is 0 Å². The first-order valence-corrected chi connectivity index (χ1v) is 7.77. The lowest BCUT2D eigenvalue weighted by atomic mass is 10.1. The molecular formula is C15H12BrFOS. The number of carbonyl (C=O) groups is 1. The molecule has 1 nitrogen and oxygen atoms in total. The first-order chi connectivity index (χ1) is 9.06. The Morgan fingerprint density at radius 2 is 2.11 bits per heavy atom. The SMILES string of the molecule is Cc1cc(Br)c(F)cc1-c1ccc(C(=O)C2CC2)s1. The van der Waals surface area contributed by atoms with E-state index in [1.54, 1.807) is 6.07 Å². The first kappa shape index (κ1) is 13.0. The third kappa shape index (κ3) is 2.51. The van der Waals surface area contributed by atoms with Crippen molar-refractivity contribution in [3.05, 3.63) is 45.0 Å². The van der Waals surface area contributed by atoms with Crippen LogP contribution >= 0.6 is 27.3 Å². The van der Waals surface area contributed by atoms with Crippen molar-refractivity contribution in [2.75, 3.05) is 0 Å². The summed E-state index contributed by atoms with van der Waals surface area (Å²) in [5, 5.41) is 0. The highest BCUT2D eigenvalue weighted by molar-refractivity contribution is 9.10. The van der Waals surface area contributed by atoms with Crippen LogP contribution in [0.1, 0.15) is 28.1 Å². The number of hydrogen-bond acceptors (Lipinski definition) is 2. The lowest BCUT2D eigenvalue weighted by Gasteiger charge is -2.05. The van der Waals surface area contributed by atoms with Crippen molar-refractivity contribution in [3.63, 3.8) is 0 Å². The number of ketones is 1. The van der Waals surface area contributed by atoms with Gasteiger partial charge in [-0.3, -0.25) is 4.79 Å². The molecule has 1 aliphatic carbocycles. The zero-order valence-electron chi connectivity index (χ0n) is 10.4. The fourth-order valence-electron chi connectivity index (χ4n) is 2.07. The predicted octanol–water partition coefficient (Wildman–Crippen LogP) is 5.22. The number of Topliss-reactive ketones (excluding diaryl/α,β-unsaturated/α-hetero) is 1. The maximum absolute atomic E-state index is 13.6. The lowest BCUT2D eigenvalue weighted by molar-refractivity contribution is 0.0971. The molecule has 1 aromatic heterocycles. The van der Waals surface area contributed by atoms with E-state index in [0.29, 0.717) is 4.47 Å². The Labute approximate surface area is 123 Å². The van der Waals surface area contributed by atoms with Crippen molar-refractivity contribution in [2.24, 2.45) is 5.92 Å². The van der Waals surface area contributed by atoms with Gasteiger partial charge in [0.05, 0.1) is 9.35 Å². The van der Waals surface area contributed by atoms with E-state index in [9.17, 15) is 9.18 Å². The second-order valence-electron chi connectivity index (χ2n) is 4.88. The molecule has 0 bridgehead atoms. The number of rotatable bonds is 3. The molecule has 0 atom stereocenters. The molecule has 1 fully saturated rings. The molecule has 0 spiro atoms. The quantitative estimate of drug-likeness (QED) is 0.701. The number of halogens is 2. The highest BCUT2D eigenvalue weighted by Gasteiger charge is 2.31. The largest absolute Gasteiger partial charge is 0.293 e. The van der Waals surface area contributed by atoms with Crippen molar-refractivity contribution in [1.82, 2.24) is 0 Å². The molecular weight excluding hydrogens is 327 g/mol. The minimum Gasteiger partial charge on any atom is -0.293 e. The molecule has 3 rings (SSSR count). The number of thiophene rings is 1. The van der Waals surface area contributed by atoms with Crippen LogP contribution in [-0.2, 0) is 0 Å². The summed E-state index contributed by atoms with van der Waals surface area (Å²) in [7, 11) is 0. The normalized spacial score (nSPS) is 14.7. The van der Waals surface area contributed by atoms with Crippen LogP contribution in [-0.4, -0.2) is 5.78 Å². The van der Waals surface area contributed by atoms with Gasteiger partial charge in [-0.1, -0.05) is 0 Å². The van der Waals surface area contributed by atoms with E-state index in [1.165, 1.54) is 17.4 Å². The van der Waals surface area contributed by atoms with Gasteiger partial charge in [-0.25, -0.2) is 4.39 Å². The summed E-state index contributed by atoms with van der Waals surface area (Å²) in [5.41, 5.74) is 1.86. The Morgan fingerprint density at radius 3 is 2.79 bits per heavy atom. The Balaban J connectivity index is 1.98. The highest BCUT2D eigenvalue weighted by Crippen LogP contribution is 2.38. The minimum atomic E-state index is -0.274. The van der Waals surface area contributed by atoms with E-state index in [1.807, 2.05) is 19.1 Å². The molecule has 1 heterocycles. The zero-order valence-corrected chi connectivity index (χ0v) is 12.8. The average molecular weight is 339 g/mol. The number of benzene rings is 1. The van der Waals surface area contributed by atoms with Gasteiger partial charge in [0.15, 0.2) is 5.78 Å². The molecule has 1 aliphatic rings. The standard InChI is InChI=1S/C15H12BrFOS/c1-8-6-11(16)12(17)7-10(8)13-4-5-14(19-13)15(18)9-2-3-9/h4-7,9H,2-3H2,1H3. The molecule has 0 amide bonds. The summed E-state index contributed by atoms with van der Waals surface area (Å²) >= 11 is 4.64. The predicted molar refractivity (Wildman–Crippen MR) is 79.2 cm³/mol. The van der Waals surface area contributed by atoms with E-state index in [2.05, 4.69) is 15.9 Å². The van der Waals surface area contributed by atoms with Gasteiger partial charge in [-0.2, -0.15) is 0 Å². The Bertz CT molecular complexity index is 658. The topological polar surface area (TPSA) is 17.1 Å². The van der Waals surface area contributed by atoms with Crippen LogP contribution in [0, 0.1) is 18.7 Å². The van der Waals surface area contributed by atoms with Gasteiger partial charge in [-0.05, 0) is 71.1 Å². The molecule has 0 aliphatic heterocycles. The van der Waals surface area contributed by atoms with Crippen molar-refractivity contribution < 1.29 is 9.18 Å². The molecule has 0 radical (unpaired) electrons. The monoisotopic (exact) mass is 338 g/mol. The van der Waals surface area contributed by atoms with E-state index >= 15 is 0 Å². The zero-order chi connectivity index (χ0) is 13.6. The van der Waals surface area contributed by atoms with Gasteiger partial charge >= 0.3 is 0 Å². The summed E-state index contributed by atoms with van der Waals surface area (Å²) in [6, 6.07) is 7.07. The average Bonchev–Trinajstić information content (AvgIpc) is 3.11. The third-order valence-corrected chi connectivity index (χ3v) is 5.07. The van der Waals surface area contributed by atoms with Crippen LogP contribution in [0.4, 0.5) is 4.39 Å². The summed E-state index contributed by atoms with van der Waals surface area (Å²) in [4.78, 5) is 13.7. The fraction of sp³-hybridized carbons (Fsp3) is 0.267. The summed E-state index contributed by atoms with van der Waals surface area (Å²) in [6.07, 6.45) is 2.02. The summed E-state index contributed by atoms with van der Waals surface area (Å²) in [6.45, 7) is 1.95. The van der Waals surface area contributed by atoms with Crippen molar-refractivity contribution >= 4 is 33.0 Å². The van der Waals surface area contributed by atoms with E-state index in [-0.39, 0.29) is 17.5 Å². The highest BCUT2D eigenvalue weighted by atomic mass is 79.9. The molecule has 1 saturated carbocycles. The van der Waals surface area contributed by atoms with Gasteiger partial charge in [0.2, 0.25) is 0 Å². The van der Waals surface area contributed by atoms with Crippen molar-refractivity contribution in [2.45, 2.75) is 19.8 Å². The smallest absolute Gasteiger partial charge is 0.175 e. The Morgan fingerprint density at radius 1 is 1.37 bits per heavy atom. The lowest BCUT2D eigenvalue weighted by Crippen LogP contribution is -1.96. The molecule has 0 unspecified atom stereocenters. The van der Waals surface area contributed by atoms with E-state index in [0.717, 1.165) is 33.7 Å². The van der Waals surface area contributed by atoms with Crippen LogP contribution in [0.3, 0.4) is 0 Å². The van der Waals surface area contributed by atoms with Crippen molar-refractivity contribution in [3.8, 4) is 10.4 Å². The molecule has 4 heteroatoms. The minimum absolute atomic E-state index is 0.231. The van der Waals surface area contributed by atoms with Gasteiger partial charge in [0, 0.05) is 10.8 Å². The number of carbonyl (C=O) groups excluding carboxylic acids is 1. The van der Waals surface area contributed by atoms with E-state index < -0.39 is 0 Å². The molecule has 98 valence electrons. The van der Waals surface area contributed by atoms with Crippen LogP contribution in [0.5, 0.6) is 0 Å². The third-order valence-electron chi connectivity index (χ3n) is 3.33. The van der Waals surface area contributed by atoms with Gasteiger partial charge in [-0.15, -0.1) is 11.3 Å². The van der Waals surface area contributed by atoms with Crippen LogP contribution < -0.4 is 0 Å². The van der Waals surface area contributed by atoms with Gasteiger partial charge in [0.1, 0.15) is 5.82 Å². The maximum atomic E-state index is 13.6. The van der Waals surface area contributed by atoms with Crippen LogP contribution in [0.15, 0.2) is 28.7 Å². The van der Waals surface area contributed by atoms with Gasteiger partial charge in [0.25, 0.3) is 0 Å². The maximum Gasteiger partial charge on any atom is 0.175 e. The molecule has 1 aromatic carbocycles. The summed E-state index contributed by atoms with van der Waals surface area (Å²) in [5.74, 6) is 0.199. The molecule has 19 heavy (non-hydrogen) atoms. The van der Waals surface area contributed by atoms with Crippen LogP contribution in [0.2, 0.25) is 0 Å². The molecule has 0 N–H and O–H groups in total. The number of aryl methyl sites for hydroxylation is 1. The fourth-order valence-corrected chi connectivity index (χ4v) is 3.64. The summed E-state index contributed by atoms with van der Waals surface area (Å²) < 4.78 is 14.1. The molecule has 0 saturated heterocycles.